The number of phenols is 1. The zero-order valence-electron chi connectivity index (χ0n) is 11.0. The fourth-order valence-electron chi connectivity index (χ4n) is 1.96. The minimum Gasteiger partial charge on any atom is -0.508 e. The molecule has 0 amide bonds. The zero-order chi connectivity index (χ0) is 13.7. The van der Waals surface area contributed by atoms with Gasteiger partial charge in [-0.1, -0.05) is 30.3 Å². The summed E-state index contributed by atoms with van der Waals surface area (Å²) < 4.78 is 5.83. The van der Waals surface area contributed by atoms with Crippen LogP contribution in [0.5, 0.6) is 11.5 Å². The summed E-state index contributed by atoms with van der Waals surface area (Å²) in [4.78, 5) is 0. The number of aromatic hydroxyl groups is 1. The van der Waals surface area contributed by atoms with Crippen LogP contribution >= 0.6 is 0 Å². The molecule has 3 heteroatoms. The lowest BCUT2D eigenvalue weighted by atomic mass is 10.00. The van der Waals surface area contributed by atoms with Gasteiger partial charge in [0.05, 0.1) is 6.61 Å². The van der Waals surface area contributed by atoms with Crippen LogP contribution in [0.1, 0.15) is 17.0 Å². The molecular formula is C16H19NO2. The average molecular weight is 257 g/mol. The third kappa shape index (κ3) is 3.48. The van der Waals surface area contributed by atoms with Crippen LogP contribution in [-0.4, -0.2) is 18.3 Å². The molecule has 0 fully saturated rings. The van der Waals surface area contributed by atoms with Crippen molar-refractivity contribution in [3.63, 3.8) is 0 Å². The van der Waals surface area contributed by atoms with Gasteiger partial charge < -0.3 is 15.6 Å². The van der Waals surface area contributed by atoms with Crippen LogP contribution in [0.4, 0.5) is 0 Å². The minimum absolute atomic E-state index is 0.125. The van der Waals surface area contributed by atoms with Gasteiger partial charge in [-0.2, -0.15) is 0 Å². The van der Waals surface area contributed by atoms with Crippen molar-refractivity contribution < 1.29 is 9.84 Å². The second kappa shape index (κ2) is 6.25. The third-order valence-electron chi connectivity index (χ3n) is 3.18. The summed E-state index contributed by atoms with van der Waals surface area (Å²) in [5.74, 6) is 1.28. The highest BCUT2D eigenvalue weighted by atomic mass is 16.5. The molecule has 0 aliphatic rings. The third-order valence-corrected chi connectivity index (χ3v) is 3.18. The van der Waals surface area contributed by atoms with E-state index in [0.29, 0.717) is 13.2 Å². The Morgan fingerprint density at radius 1 is 1.11 bits per heavy atom. The molecule has 1 unspecified atom stereocenters. The predicted octanol–water partition coefficient (Wildman–Crippen LogP) is 2.82. The van der Waals surface area contributed by atoms with E-state index in [4.69, 9.17) is 10.5 Å². The van der Waals surface area contributed by atoms with Crippen molar-refractivity contribution in [1.82, 2.24) is 0 Å². The molecule has 3 nitrogen and oxygen atoms in total. The number of nitrogens with two attached hydrogens (primary N) is 1. The Hall–Kier alpha value is -2.00. The zero-order valence-corrected chi connectivity index (χ0v) is 11.0. The Labute approximate surface area is 113 Å². The van der Waals surface area contributed by atoms with Gasteiger partial charge in [-0.15, -0.1) is 0 Å². The largest absolute Gasteiger partial charge is 0.508 e. The quantitative estimate of drug-likeness (QED) is 0.866. The standard InChI is InChI=1S/C16H19NO2/c1-12-4-2-3-5-16(12)19-11-14(10-17)13-6-8-15(18)9-7-13/h2-9,14,18H,10-11,17H2,1H3. The topological polar surface area (TPSA) is 55.5 Å². The summed E-state index contributed by atoms with van der Waals surface area (Å²) in [6, 6.07) is 15.0. The number of hydrogen-bond acceptors (Lipinski definition) is 3. The molecule has 0 aliphatic heterocycles. The monoisotopic (exact) mass is 257 g/mol. The van der Waals surface area contributed by atoms with E-state index in [1.165, 1.54) is 0 Å². The molecule has 100 valence electrons. The fourth-order valence-corrected chi connectivity index (χ4v) is 1.96. The SMILES string of the molecule is Cc1ccccc1OCC(CN)c1ccc(O)cc1. The van der Waals surface area contributed by atoms with Crippen LogP contribution in [0.25, 0.3) is 0 Å². The summed E-state index contributed by atoms with van der Waals surface area (Å²) in [6.07, 6.45) is 0. The fraction of sp³-hybridized carbons (Fsp3) is 0.250. The number of aryl methyl sites for hydroxylation is 1. The van der Waals surface area contributed by atoms with E-state index < -0.39 is 0 Å². The lowest BCUT2D eigenvalue weighted by Crippen LogP contribution is -2.19. The molecule has 0 saturated heterocycles. The van der Waals surface area contributed by atoms with Crippen molar-refractivity contribution in [3.8, 4) is 11.5 Å². The van der Waals surface area contributed by atoms with Crippen molar-refractivity contribution in [2.45, 2.75) is 12.8 Å². The molecule has 0 radical (unpaired) electrons. The van der Waals surface area contributed by atoms with E-state index in [-0.39, 0.29) is 11.7 Å². The van der Waals surface area contributed by atoms with Crippen molar-refractivity contribution in [2.75, 3.05) is 13.2 Å². The minimum atomic E-state index is 0.125. The molecule has 0 aromatic heterocycles. The maximum Gasteiger partial charge on any atom is 0.122 e. The van der Waals surface area contributed by atoms with E-state index in [0.717, 1.165) is 16.9 Å². The molecule has 0 heterocycles. The number of hydrogen-bond donors (Lipinski definition) is 2. The normalized spacial score (nSPS) is 12.1. The van der Waals surface area contributed by atoms with Gasteiger partial charge in [-0.05, 0) is 36.2 Å². The predicted molar refractivity (Wildman–Crippen MR) is 76.6 cm³/mol. The Morgan fingerprint density at radius 3 is 2.42 bits per heavy atom. The average Bonchev–Trinajstić information content (AvgIpc) is 2.43. The van der Waals surface area contributed by atoms with E-state index in [1.807, 2.05) is 43.3 Å². The highest BCUT2D eigenvalue weighted by Gasteiger charge is 2.11. The number of phenolic OH excluding ortho intramolecular Hbond substituents is 1. The molecule has 0 aliphatic carbocycles. The summed E-state index contributed by atoms with van der Waals surface area (Å²) >= 11 is 0. The van der Waals surface area contributed by atoms with Crippen LogP contribution in [0.3, 0.4) is 0 Å². The molecular weight excluding hydrogens is 238 g/mol. The molecule has 1 atom stereocenters. The lowest BCUT2D eigenvalue weighted by Gasteiger charge is -2.17. The maximum atomic E-state index is 9.29. The van der Waals surface area contributed by atoms with Crippen molar-refractivity contribution in [3.05, 3.63) is 59.7 Å². The van der Waals surface area contributed by atoms with Crippen molar-refractivity contribution in [2.24, 2.45) is 5.73 Å². The molecule has 0 saturated carbocycles. The van der Waals surface area contributed by atoms with E-state index in [1.54, 1.807) is 12.1 Å². The Kier molecular flexibility index (Phi) is 4.42. The molecule has 2 aromatic rings. The molecule has 3 N–H and O–H groups in total. The van der Waals surface area contributed by atoms with E-state index in [9.17, 15) is 5.11 Å². The van der Waals surface area contributed by atoms with Gasteiger partial charge >= 0.3 is 0 Å². The molecule has 19 heavy (non-hydrogen) atoms. The Morgan fingerprint density at radius 2 is 1.79 bits per heavy atom. The Bertz CT molecular complexity index is 523. The van der Waals surface area contributed by atoms with Crippen LogP contribution in [0.15, 0.2) is 48.5 Å². The number of para-hydroxylation sites is 1. The first-order chi connectivity index (χ1) is 9.20. The summed E-state index contributed by atoms with van der Waals surface area (Å²) in [5.41, 5.74) is 8.00. The molecule has 0 bridgehead atoms. The van der Waals surface area contributed by atoms with Gasteiger partial charge in [0.25, 0.3) is 0 Å². The summed E-state index contributed by atoms with van der Waals surface area (Å²) in [5, 5.41) is 9.29. The Balaban J connectivity index is 2.04. The second-order valence-corrected chi connectivity index (χ2v) is 4.60. The van der Waals surface area contributed by atoms with Gasteiger partial charge in [0.15, 0.2) is 0 Å². The van der Waals surface area contributed by atoms with Crippen LogP contribution in [-0.2, 0) is 0 Å². The first-order valence-electron chi connectivity index (χ1n) is 6.38. The summed E-state index contributed by atoms with van der Waals surface area (Å²) in [6.45, 7) is 3.07. The highest BCUT2D eigenvalue weighted by Crippen LogP contribution is 2.21. The van der Waals surface area contributed by atoms with Gasteiger partial charge in [0.1, 0.15) is 11.5 Å². The van der Waals surface area contributed by atoms with Crippen LogP contribution in [0, 0.1) is 6.92 Å². The highest BCUT2D eigenvalue weighted by molar-refractivity contribution is 5.32. The first kappa shape index (κ1) is 13.4. The second-order valence-electron chi connectivity index (χ2n) is 4.60. The van der Waals surface area contributed by atoms with Crippen molar-refractivity contribution in [1.29, 1.82) is 0 Å². The van der Waals surface area contributed by atoms with E-state index in [2.05, 4.69) is 0 Å². The van der Waals surface area contributed by atoms with Crippen molar-refractivity contribution >= 4 is 0 Å². The smallest absolute Gasteiger partial charge is 0.122 e. The lowest BCUT2D eigenvalue weighted by molar-refractivity contribution is 0.288. The molecule has 2 aromatic carbocycles. The van der Waals surface area contributed by atoms with Gasteiger partial charge in [0, 0.05) is 12.5 Å². The van der Waals surface area contributed by atoms with Gasteiger partial charge in [-0.3, -0.25) is 0 Å². The van der Waals surface area contributed by atoms with E-state index >= 15 is 0 Å². The first-order valence-corrected chi connectivity index (χ1v) is 6.38. The number of benzene rings is 2. The summed E-state index contributed by atoms with van der Waals surface area (Å²) in [7, 11) is 0. The van der Waals surface area contributed by atoms with Crippen LogP contribution < -0.4 is 10.5 Å². The number of rotatable bonds is 5. The number of ether oxygens (including phenoxy) is 1. The molecule has 0 spiro atoms. The van der Waals surface area contributed by atoms with Crippen LogP contribution in [0.2, 0.25) is 0 Å². The maximum absolute atomic E-state index is 9.29. The van der Waals surface area contributed by atoms with Gasteiger partial charge in [0.2, 0.25) is 0 Å². The van der Waals surface area contributed by atoms with Gasteiger partial charge in [-0.25, -0.2) is 0 Å². The molecule has 2 rings (SSSR count).